The Labute approximate surface area is 160 Å². The minimum Gasteiger partial charge on any atom is -0.507 e. The molecule has 0 atom stereocenters. The van der Waals surface area contributed by atoms with Crippen molar-refractivity contribution in [2.45, 2.75) is 6.54 Å². The van der Waals surface area contributed by atoms with Crippen LogP contribution in [0.4, 0.5) is 5.82 Å². The molecule has 0 fully saturated rings. The van der Waals surface area contributed by atoms with Gasteiger partial charge < -0.3 is 25.6 Å². The van der Waals surface area contributed by atoms with Crippen LogP contribution in [0.15, 0.2) is 36.7 Å². The van der Waals surface area contributed by atoms with E-state index in [1.165, 1.54) is 17.9 Å². The lowest BCUT2D eigenvalue weighted by Crippen LogP contribution is -2.33. The average molecular weight is 391 g/mol. The lowest BCUT2D eigenvalue weighted by Gasteiger charge is -2.09. The van der Waals surface area contributed by atoms with Crippen LogP contribution in [0.3, 0.4) is 0 Å². The second-order valence-electron chi connectivity index (χ2n) is 5.40. The van der Waals surface area contributed by atoms with Gasteiger partial charge in [-0.25, -0.2) is 4.98 Å². The summed E-state index contributed by atoms with van der Waals surface area (Å²) in [6, 6.07) is 6.37. The van der Waals surface area contributed by atoms with E-state index in [-0.39, 0.29) is 23.8 Å². The number of aliphatic hydroxyl groups excluding tert-OH is 1. The maximum atomic E-state index is 12.2. The molecule has 0 spiro atoms. The summed E-state index contributed by atoms with van der Waals surface area (Å²) < 4.78 is 1.36. The second kappa shape index (κ2) is 8.86. The van der Waals surface area contributed by atoms with Gasteiger partial charge in [-0.05, 0) is 24.3 Å². The molecule has 0 saturated carbocycles. The quantitative estimate of drug-likeness (QED) is 0.290. The lowest BCUT2D eigenvalue weighted by atomic mass is 10.2. The first-order valence-electron chi connectivity index (χ1n) is 7.85. The zero-order valence-corrected chi connectivity index (χ0v) is 15.5. The molecule has 1 aromatic carbocycles. The molecule has 0 aliphatic heterocycles. The van der Waals surface area contributed by atoms with E-state index in [1.54, 1.807) is 31.3 Å². The van der Waals surface area contributed by atoms with Gasteiger partial charge in [0.1, 0.15) is 18.1 Å². The number of amidine groups is 1. The number of aliphatic hydroxyl groups is 1. The SMILES string of the molecule is CNC(=O)c1c(NC)ncn1CC(=O)NC(=N)/C=C(\O)c1ccc(Cl)cc1. The van der Waals surface area contributed by atoms with Gasteiger partial charge in [-0.2, -0.15) is 0 Å². The number of rotatable bonds is 6. The van der Waals surface area contributed by atoms with Gasteiger partial charge in [0.25, 0.3) is 5.91 Å². The third kappa shape index (κ3) is 5.08. The molecule has 5 N–H and O–H groups in total. The Morgan fingerprint density at radius 3 is 2.56 bits per heavy atom. The summed E-state index contributed by atoms with van der Waals surface area (Å²) in [5.74, 6) is -1.12. The van der Waals surface area contributed by atoms with Crippen LogP contribution in [-0.4, -0.2) is 46.4 Å². The molecule has 0 radical (unpaired) electrons. The molecule has 1 aromatic heterocycles. The smallest absolute Gasteiger partial charge is 0.271 e. The highest BCUT2D eigenvalue weighted by atomic mass is 35.5. The summed E-state index contributed by atoms with van der Waals surface area (Å²) in [6.45, 7) is -0.227. The van der Waals surface area contributed by atoms with Crippen molar-refractivity contribution >= 4 is 40.8 Å². The highest BCUT2D eigenvalue weighted by Crippen LogP contribution is 2.15. The van der Waals surface area contributed by atoms with E-state index in [2.05, 4.69) is 20.9 Å². The van der Waals surface area contributed by atoms with Gasteiger partial charge in [-0.3, -0.25) is 15.0 Å². The van der Waals surface area contributed by atoms with Crippen molar-refractivity contribution in [2.24, 2.45) is 0 Å². The highest BCUT2D eigenvalue weighted by molar-refractivity contribution is 6.30. The van der Waals surface area contributed by atoms with Crippen LogP contribution in [0.2, 0.25) is 5.02 Å². The van der Waals surface area contributed by atoms with Crippen molar-refractivity contribution in [1.82, 2.24) is 20.2 Å². The van der Waals surface area contributed by atoms with Crippen molar-refractivity contribution in [1.29, 1.82) is 5.41 Å². The maximum Gasteiger partial charge on any atom is 0.271 e. The molecular weight excluding hydrogens is 372 g/mol. The fourth-order valence-corrected chi connectivity index (χ4v) is 2.39. The van der Waals surface area contributed by atoms with Gasteiger partial charge in [0.2, 0.25) is 5.91 Å². The first-order chi connectivity index (χ1) is 12.8. The summed E-state index contributed by atoms with van der Waals surface area (Å²) in [4.78, 5) is 28.2. The van der Waals surface area contributed by atoms with E-state index in [1.807, 2.05) is 0 Å². The number of benzene rings is 1. The molecule has 142 valence electrons. The molecule has 2 rings (SSSR count). The summed E-state index contributed by atoms with van der Waals surface area (Å²) in [6.07, 6.45) is 2.45. The molecule has 2 amide bonds. The molecule has 2 aromatic rings. The van der Waals surface area contributed by atoms with Gasteiger partial charge in [0.15, 0.2) is 11.5 Å². The van der Waals surface area contributed by atoms with Crippen molar-refractivity contribution in [2.75, 3.05) is 19.4 Å². The lowest BCUT2D eigenvalue weighted by molar-refractivity contribution is -0.120. The minimum absolute atomic E-state index is 0.192. The Hall–Kier alpha value is -3.33. The third-order valence-electron chi connectivity index (χ3n) is 3.53. The van der Waals surface area contributed by atoms with Gasteiger partial charge in [-0.15, -0.1) is 0 Å². The van der Waals surface area contributed by atoms with Crippen LogP contribution in [0.1, 0.15) is 16.1 Å². The molecule has 10 heteroatoms. The zero-order chi connectivity index (χ0) is 20.0. The summed E-state index contributed by atoms with van der Waals surface area (Å²) in [5, 5.41) is 25.9. The van der Waals surface area contributed by atoms with Gasteiger partial charge in [0.05, 0.1) is 6.33 Å². The predicted octanol–water partition coefficient (Wildman–Crippen LogP) is 1.63. The number of amides is 2. The molecular formula is C17H19ClN6O3. The average Bonchev–Trinajstić information content (AvgIpc) is 3.03. The Bertz CT molecular complexity index is 889. The van der Waals surface area contributed by atoms with Gasteiger partial charge in [-0.1, -0.05) is 11.6 Å². The number of carbonyl (C=O) groups excluding carboxylic acids is 2. The summed E-state index contributed by atoms with van der Waals surface area (Å²) in [5.41, 5.74) is 0.648. The molecule has 1 heterocycles. The maximum absolute atomic E-state index is 12.2. The summed E-state index contributed by atoms with van der Waals surface area (Å²) >= 11 is 5.78. The largest absolute Gasteiger partial charge is 0.507 e. The van der Waals surface area contributed by atoms with Crippen molar-refractivity contribution in [3.8, 4) is 0 Å². The fraction of sp³-hybridized carbons (Fsp3) is 0.176. The van der Waals surface area contributed by atoms with Crippen molar-refractivity contribution < 1.29 is 14.7 Å². The summed E-state index contributed by atoms with van der Waals surface area (Å²) in [7, 11) is 3.08. The van der Waals surface area contributed by atoms with Crippen molar-refractivity contribution in [3.63, 3.8) is 0 Å². The van der Waals surface area contributed by atoms with Gasteiger partial charge in [0, 0.05) is 30.8 Å². The molecule has 0 aliphatic carbocycles. The monoisotopic (exact) mass is 390 g/mol. The Kier molecular flexibility index (Phi) is 6.56. The van der Waals surface area contributed by atoms with E-state index in [0.29, 0.717) is 16.4 Å². The van der Waals surface area contributed by atoms with Crippen LogP contribution in [0, 0.1) is 5.41 Å². The zero-order valence-electron chi connectivity index (χ0n) is 14.7. The molecule has 9 nitrogen and oxygen atoms in total. The number of nitrogens with one attached hydrogen (secondary N) is 4. The molecule has 0 unspecified atom stereocenters. The number of hydrogen-bond acceptors (Lipinski definition) is 6. The van der Waals surface area contributed by atoms with Crippen LogP contribution in [0.5, 0.6) is 0 Å². The number of carbonyl (C=O) groups is 2. The molecule has 0 bridgehead atoms. The van der Waals surface area contributed by atoms with E-state index < -0.39 is 11.8 Å². The highest BCUT2D eigenvalue weighted by Gasteiger charge is 2.18. The molecule has 0 saturated heterocycles. The predicted molar refractivity (Wildman–Crippen MR) is 103 cm³/mol. The van der Waals surface area contributed by atoms with E-state index in [0.717, 1.165) is 6.08 Å². The number of halogens is 1. The normalized spacial score (nSPS) is 11.0. The van der Waals surface area contributed by atoms with Crippen LogP contribution < -0.4 is 16.0 Å². The Morgan fingerprint density at radius 2 is 1.96 bits per heavy atom. The number of anilines is 1. The van der Waals surface area contributed by atoms with E-state index >= 15 is 0 Å². The van der Waals surface area contributed by atoms with Crippen LogP contribution in [-0.2, 0) is 11.3 Å². The standard InChI is InChI=1S/C17H19ClN6O3/c1-20-16-15(17(27)21-2)24(9-22-16)8-14(26)23-13(19)7-12(25)10-3-5-11(18)6-4-10/h3-7,9,20,25H,8H2,1-2H3,(H,21,27)(H2,19,23,26)/b12-7-. The third-order valence-corrected chi connectivity index (χ3v) is 3.78. The second-order valence-corrected chi connectivity index (χ2v) is 5.83. The Balaban J connectivity index is 2.06. The number of aromatic nitrogens is 2. The number of imidazole rings is 1. The Morgan fingerprint density at radius 1 is 1.30 bits per heavy atom. The number of nitrogens with zero attached hydrogens (tertiary/aromatic N) is 2. The van der Waals surface area contributed by atoms with Crippen LogP contribution >= 0.6 is 11.6 Å². The van der Waals surface area contributed by atoms with E-state index in [4.69, 9.17) is 17.0 Å². The number of hydrogen-bond donors (Lipinski definition) is 5. The van der Waals surface area contributed by atoms with Crippen LogP contribution in [0.25, 0.3) is 5.76 Å². The minimum atomic E-state index is -0.551. The molecule has 0 aliphatic rings. The fourth-order valence-electron chi connectivity index (χ4n) is 2.26. The topological polar surface area (TPSA) is 132 Å². The first kappa shape index (κ1) is 20.0. The first-order valence-corrected chi connectivity index (χ1v) is 8.23. The van der Waals surface area contributed by atoms with Crippen molar-refractivity contribution in [3.05, 3.63) is 52.9 Å². The molecule has 27 heavy (non-hydrogen) atoms. The van der Waals surface area contributed by atoms with Gasteiger partial charge >= 0.3 is 0 Å². The van der Waals surface area contributed by atoms with E-state index in [9.17, 15) is 14.7 Å².